The van der Waals surface area contributed by atoms with E-state index in [0.29, 0.717) is 0 Å². The number of aryl methyl sites for hydroxylation is 1. The molecule has 5 aromatic rings. The highest BCUT2D eigenvalue weighted by molar-refractivity contribution is 7.91. The summed E-state index contributed by atoms with van der Waals surface area (Å²) in [5.41, 5.74) is -27.7. The van der Waals surface area contributed by atoms with Gasteiger partial charge in [-0.1, -0.05) is 60.7 Å². The van der Waals surface area contributed by atoms with Crippen LogP contribution in [0.25, 0.3) is 0 Å². The number of hydrogen-bond donors (Lipinski definition) is 0. The fourth-order valence-electron chi connectivity index (χ4n) is 7.06. The zero-order chi connectivity index (χ0) is 53.1. The van der Waals surface area contributed by atoms with Gasteiger partial charge in [-0.3, -0.25) is 4.18 Å². The molecule has 0 aliphatic carbocycles. The number of rotatable bonds is 6. The van der Waals surface area contributed by atoms with Crippen LogP contribution >= 0.6 is 0 Å². The summed E-state index contributed by atoms with van der Waals surface area (Å²) in [6.07, 6.45) is -50.7. The number of halogens is 24. The lowest BCUT2D eigenvalue weighted by Crippen LogP contribution is -2.75. The maximum Gasteiger partial charge on any atom is 0.416 e. The lowest BCUT2D eigenvalue weighted by molar-refractivity contribution is -0.144. The molecule has 5 aromatic carbocycles. The third-order valence-electron chi connectivity index (χ3n) is 10.3. The second kappa shape index (κ2) is 18.8. The summed E-state index contributed by atoms with van der Waals surface area (Å²) >= 11 is 0.0149. The average Bonchev–Trinajstić information content (AvgIpc) is 3.17. The predicted octanol–water partition coefficient (Wildman–Crippen LogP) is 13.7. The predicted molar refractivity (Wildman–Crippen MR) is 206 cm³/mol. The average molecular weight is 1050 g/mol. The Morgan fingerprint density at radius 3 is 0.710 bits per heavy atom. The van der Waals surface area contributed by atoms with Gasteiger partial charge in [0.05, 0.1) is 44.5 Å². The second-order valence-electron chi connectivity index (χ2n) is 15.2. The topological polar surface area (TPSA) is 9.23 Å². The van der Waals surface area contributed by atoms with Crippen LogP contribution in [-0.4, -0.2) is 18.7 Å². The summed E-state index contributed by atoms with van der Waals surface area (Å²) in [6.45, 7) is 4.20. The van der Waals surface area contributed by atoms with E-state index < -0.39 is 195 Å². The van der Waals surface area contributed by atoms with Crippen molar-refractivity contribution in [3.05, 3.63) is 147 Å². The van der Waals surface area contributed by atoms with Gasteiger partial charge in [0.15, 0.2) is 16.9 Å². The fraction of sp³-hybridized carbons (Fsp3) is 0.286. The summed E-state index contributed by atoms with van der Waals surface area (Å²) in [4.78, 5) is 0. The van der Waals surface area contributed by atoms with Crippen molar-refractivity contribution in [1.82, 2.24) is 0 Å². The van der Waals surface area contributed by atoms with Crippen molar-refractivity contribution >= 4 is 39.2 Å². The van der Waals surface area contributed by atoms with Crippen LogP contribution in [0.3, 0.4) is 0 Å². The van der Waals surface area contributed by atoms with Gasteiger partial charge in [-0.25, -0.2) is 0 Å². The molecule has 69 heavy (non-hydrogen) atoms. The Bertz CT molecular complexity index is 2210. The minimum absolute atomic E-state index is 0.0149. The van der Waals surface area contributed by atoms with E-state index in [2.05, 4.69) is 32.4 Å². The van der Waals surface area contributed by atoms with Gasteiger partial charge >= 0.3 is 49.4 Å². The number of benzene rings is 5. The molecule has 0 saturated carbocycles. The van der Waals surface area contributed by atoms with Gasteiger partial charge in [0.2, 0.25) is 0 Å². The minimum atomic E-state index is -6.13. The molecule has 0 aromatic heterocycles. The van der Waals surface area contributed by atoms with Gasteiger partial charge in [0, 0.05) is 5.56 Å². The molecular weight excluding hydrogens is 1020 g/mol. The van der Waals surface area contributed by atoms with E-state index in [1.54, 1.807) is 0 Å². The molecule has 378 valence electrons. The maximum atomic E-state index is 14.2. The Balaban J connectivity index is 0.000000750. The van der Waals surface area contributed by atoms with Gasteiger partial charge in [-0.2, -0.15) is 127 Å². The zero-order valence-corrected chi connectivity index (χ0v) is 35.4. The van der Waals surface area contributed by atoms with Gasteiger partial charge in [0.1, 0.15) is 18.7 Å². The molecule has 0 fully saturated rings. The van der Waals surface area contributed by atoms with Crippen LogP contribution in [-0.2, 0) is 60.6 Å². The Labute approximate surface area is 376 Å². The van der Waals surface area contributed by atoms with Crippen LogP contribution in [0.2, 0.25) is 0 Å². The Morgan fingerprint density at radius 2 is 0.536 bits per heavy atom. The molecule has 0 saturated heterocycles. The molecule has 27 heteroatoms. The first-order valence-corrected chi connectivity index (χ1v) is 20.5. The third kappa shape index (κ3) is 13.1. The first kappa shape index (κ1) is 56.2. The largest absolute Gasteiger partial charge is 0.416 e. The van der Waals surface area contributed by atoms with E-state index in [1.807, 2.05) is 12.1 Å². The van der Waals surface area contributed by atoms with E-state index in [0.717, 1.165) is 5.75 Å². The van der Waals surface area contributed by atoms with Crippen LogP contribution in [0, 0.1) is 13.8 Å². The molecule has 0 unspecified atom stereocenters. The van der Waals surface area contributed by atoms with Gasteiger partial charge < -0.3 is 0 Å². The van der Waals surface area contributed by atoms with E-state index in [-0.39, 0.29) is 11.2 Å². The van der Waals surface area contributed by atoms with Gasteiger partial charge in [-0.15, -0.1) is 0 Å². The SMILES string of the molecule is Cc1cccc(O[S+](C)C)c1C.FC(F)(F)c1cc([B-](c2cc(C(F)(F)F)cc(C(F)(F)F)c2)(c2cc(C(F)(F)F)cc(C(F)(F)F)c2)c2cc(C(F)(F)F)cc(C(F)(F)F)c2)cc(C(F)(F)F)c1. The van der Waals surface area contributed by atoms with Crippen molar-refractivity contribution in [2.24, 2.45) is 0 Å². The fourth-order valence-corrected chi connectivity index (χ4v) is 7.60. The molecule has 0 N–H and O–H groups in total. The molecule has 5 rings (SSSR count). The first-order valence-electron chi connectivity index (χ1n) is 18.5. The Hall–Kier alpha value is -5.37. The van der Waals surface area contributed by atoms with Crippen molar-refractivity contribution in [3.63, 3.8) is 0 Å². The number of hydrogen-bond acceptors (Lipinski definition) is 1. The van der Waals surface area contributed by atoms with Crippen molar-refractivity contribution in [2.45, 2.75) is 63.3 Å². The first-order chi connectivity index (χ1) is 30.9. The van der Waals surface area contributed by atoms with Gasteiger partial charge in [-0.05, 0) is 49.7 Å². The lowest BCUT2D eigenvalue weighted by atomic mass is 9.12. The molecule has 1 nitrogen and oxygen atoms in total. The van der Waals surface area contributed by atoms with Crippen LogP contribution in [0.15, 0.2) is 91.0 Å². The summed E-state index contributed by atoms with van der Waals surface area (Å²) < 4.78 is 346. The molecule has 0 atom stereocenters. The molecule has 0 spiro atoms. The highest BCUT2D eigenvalue weighted by Crippen LogP contribution is 2.41. The number of alkyl halides is 24. The second-order valence-corrected chi connectivity index (χ2v) is 16.9. The van der Waals surface area contributed by atoms with Crippen molar-refractivity contribution in [3.8, 4) is 5.75 Å². The maximum absolute atomic E-state index is 14.2. The van der Waals surface area contributed by atoms with E-state index in [4.69, 9.17) is 4.18 Å². The van der Waals surface area contributed by atoms with Crippen molar-refractivity contribution in [2.75, 3.05) is 12.5 Å². The van der Waals surface area contributed by atoms with Gasteiger partial charge in [0.25, 0.3) is 0 Å². The Kier molecular flexibility index (Phi) is 15.3. The minimum Gasteiger partial charge on any atom is -0.286 e. The smallest absolute Gasteiger partial charge is 0.286 e. The van der Waals surface area contributed by atoms with Crippen LogP contribution in [0.4, 0.5) is 105 Å². The molecule has 0 heterocycles. The Morgan fingerprint density at radius 1 is 0.333 bits per heavy atom. The summed E-state index contributed by atoms with van der Waals surface area (Å²) in [5, 5.41) is 0. The molecule has 0 bridgehead atoms. The van der Waals surface area contributed by atoms with Crippen molar-refractivity contribution < 1.29 is 110 Å². The van der Waals surface area contributed by atoms with Crippen molar-refractivity contribution in [1.29, 1.82) is 0 Å². The quantitative estimate of drug-likeness (QED) is 0.0936. The van der Waals surface area contributed by atoms with Crippen LogP contribution < -0.4 is 26.0 Å². The normalized spacial score (nSPS) is 13.6. The zero-order valence-electron chi connectivity index (χ0n) is 34.6. The summed E-state index contributed by atoms with van der Waals surface area (Å²) in [5.74, 6) is 1.02. The molecule has 0 radical (unpaired) electrons. The van der Waals surface area contributed by atoms with E-state index >= 15 is 0 Å². The highest BCUT2D eigenvalue weighted by atomic mass is 32.2. The molecular formula is C42H27BF24OS. The lowest BCUT2D eigenvalue weighted by Gasteiger charge is -2.46. The van der Waals surface area contributed by atoms with E-state index in [9.17, 15) is 105 Å². The standard InChI is InChI=1S/C32H12BF24.C10H15OS/c34-25(35,36)13-1-14(26(37,38)39)6-21(5-13)33(22-7-15(27(40,41)42)2-16(8-22)28(43,44)45,23-9-17(29(46,47)48)3-18(10-23)30(49,50)51)24-11-19(31(52,53)54)4-20(12-24)32(55,56)57;1-8-6-5-7-10(9(8)2)11-12(3)4/h1-12H;5-7H,1-4H3/q-1;+1. The monoisotopic (exact) mass is 1050 g/mol. The molecule has 0 aliphatic heterocycles. The molecule has 0 aliphatic rings. The third-order valence-corrected chi connectivity index (χ3v) is 10.8. The van der Waals surface area contributed by atoms with Crippen LogP contribution in [0.5, 0.6) is 5.75 Å². The highest BCUT2D eigenvalue weighted by Gasteiger charge is 2.47. The summed E-state index contributed by atoms with van der Waals surface area (Å²) in [6, 6.07) is -2.65. The van der Waals surface area contributed by atoms with Crippen LogP contribution in [0.1, 0.15) is 55.6 Å². The molecule has 0 amide bonds. The summed E-state index contributed by atoms with van der Waals surface area (Å²) in [7, 11) is 0. The van der Waals surface area contributed by atoms with E-state index in [1.165, 1.54) is 11.1 Å².